The fourth-order valence-electron chi connectivity index (χ4n) is 3.96. The van der Waals surface area contributed by atoms with Gasteiger partial charge in [0.05, 0.1) is 13.7 Å². The highest BCUT2D eigenvalue weighted by atomic mass is 16.5. The number of methoxy groups -OCH3 is 1. The summed E-state index contributed by atoms with van der Waals surface area (Å²) < 4.78 is 5.16. The topological polar surface area (TPSA) is 75.7 Å². The van der Waals surface area contributed by atoms with Crippen LogP contribution >= 0.6 is 0 Å². The number of imide groups is 1. The number of carbonyl (C=O) groups excluding carboxylic acids is 3. The number of ether oxygens (including phenoxy) is 1. The van der Waals surface area contributed by atoms with Crippen molar-refractivity contribution in [2.75, 3.05) is 13.7 Å². The Morgan fingerprint density at radius 2 is 1.55 bits per heavy atom. The summed E-state index contributed by atoms with van der Waals surface area (Å²) in [5.74, 6) is 0.101. The highest BCUT2D eigenvalue weighted by molar-refractivity contribution is 6.11. The number of carbonyl (C=O) groups is 3. The van der Waals surface area contributed by atoms with Crippen LogP contribution in [0.15, 0.2) is 78.9 Å². The average molecular weight is 443 g/mol. The number of Topliss-reactive ketones (excluding diaryl/α,β-unsaturated/α-hetero) is 1. The first-order chi connectivity index (χ1) is 15.9. The van der Waals surface area contributed by atoms with Crippen LogP contribution in [0.5, 0.6) is 5.75 Å². The quantitative estimate of drug-likeness (QED) is 0.412. The van der Waals surface area contributed by atoms with Crippen LogP contribution in [-0.4, -0.2) is 41.8 Å². The number of amides is 3. The number of hydrogen-bond acceptors (Lipinski definition) is 4. The summed E-state index contributed by atoms with van der Waals surface area (Å²) in [7, 11) is 1.61. The molecule has 3 aromatic rings. The molecule has 3 amide bonds. The second-order valence-electron chi connectivity index (χ2n) is 8.37. The molecule has 1 unspecified atom stereocenters. The van der Waals surface area contributed by atoms with Crippen molar-refractivity contribution in [2.24, 2.45) is 0 Å². The maximum absolute atomic E-state index is 13.0. The Bertz CT molecular complexity index is 1160. The lowest BCUT2D eigenvalue weighted by molar-refractivity contribution is -0.130. The van der Waals surface area contributed by atoms with Gasteiger partial charge in [0.15, 0.2) is 5.78 Å². The minimum absolute atomic E-state index is 0.280. The monoisotopic (exact) mass is 442 g/mol. The van der Waals surface area contributed by atoms with Gasteiger partial charge in [-0.05, 0) is 48.6 Å². The highest BCUT2D eigenvalue weighted by Gasteiger charge is 2.47. The van der Waals surface area contributed by atoms with Gasteiger partial charge in [-0.1, -0.05) is 66.7 Å². The van der Waals surface area contributed by atoms with Crippen LogP contribution in [-0.2, 0) is 11.2 Å². The van der Waals surface area contributed by atoms with Crippen LogP contribution in [0.25, 0.3) is 11.1 Å². The van der Waals surface area contributed by atoms with Gasteiger partial charge < -0.3 is 10.1 Å². The summed E-state index contributed by atoms with van der Waals surface area (Å²) >= 11 is 0. The van der Waals surface area contributed by atoms with E-state index in [0.717, 1.165) is 27.3 Å². The Kier molecular flexibility index (Phi) is 6.27. The Hall–Kier alpha value is -3.93. The molecule has 33 heavy (non-hydrogen) atoms. The zero-order chi connectivity index (χ0) is 23.4. The van der Waals surface area contributed by atoms with Crippen molar-refractivity contribution >= 4 is 17.7 Å². The smallest absolute Gasteiger partial charge is 0.325 e. The molecule has 1 atom stereocenters. The van der Waals surface area contributed by atoms with Crippen LogP contribution in [0, 0.1) is 0 Å². The molecule has 0 saturated carbocycles. The van der Waals surface area contributed by atoms with E-state index in [1.54, 1.807) is 26.2 Å². The summed E-state index contributed by atoms with van der Waals surface area (Å²) in [5, 5.41) is 2.77. The molecule has 1 aliphatic heterocycles. The van der Waals surface area contributed by atoms with E-state index in [-0.39, 0.29) is 18.2 Å². The molecule has 6 nitrogen and oxygen atoms in total. The van der Waals surface area contributed by atoms with Gasteiger partial charge in [-0.25, -0.2) is 4.79 Å². The van der Waals surface area contributed by atoms with E-state index in [0.29, 0.717) is 18.4 Å². The Balaban J connectivity index is 1.40. The van der Waals surface area contributed by atoms with Gasteiger partial charge in [-0.15, -0.1) is 0 Å². The first-order valence-electron chi connectivity index (χ1n) is 10.9. The zero-order valence-corrected chi connectivity index (χ0v) is 18.7. The number of urea groups is 1. The molecule has 0 radical (unpaired) electrons. The number of ketones is 1. The number of benzene rings is 3. The third kappa shape index (κ3) is 4.80. The van der Waals surface area contributed by atoms with E-state index >= 15 is 0 Å². The normalized spacial score (nSPS) is 17.7. The van der Waals surface area contributed by atoms with E-state index in [4.69, 9.17) is 4.74 Å². The first kappa shape index (κ1) is 22.3. The molecule has 0 bridgehead atoms. The predicted molar refractivity (Wildman–Crippen MR) is 126 cm³/mol. The van der Waals surface area contributed by atoms with Gasteiger partial charge in [-0.3, -0.25) is 14.5 Å². The molecule has 0 aromatic heterocycles. The lowest BCUT2D eigenvalue weighted by Crippen LogP contribution is -2.44. The molecule has 1 aliphatic rings. The number of nitrogens with one attached hydrogen (secondary N) is 1. The standard InChI is InChI=1S/C27H26N2O4/c1-27(17-16-19-8-14-23(33-2)15-9-19)25(31)29(26(32)28-27)18-24(30)22-12-10-21(11-13-22)20-6-4-3-5-7-20/h3-15H,16-18H2,1-2H3,(H,28,32). The number of rotatable bonds is 8. The van der Waals surface area contributed by atoms with Crippen molar-refractivity contribution in [1.29, 1.82) is 0 Å². The van der Waals surface area contributed by atoms with Crippen molar-refractivity contribution in [1.82, 2.24) is 10.2 Å². The summed E-state index contributed by atoms with van der Waals surface area (Å²) in [6, 6.07) is 24.1. The maximum atomic E-state index is 13.0. The van der Waals surface area contributed by atoms with Gasteiger partial charge in [0.1, 0.15) is 11.3 Å². The molecule has 4 rings (SSSR count). The number of aryl methyl sites for hydroxylation is 1. The third-order valence-electron chi connectivity index (χ3n) is 6.03. The molecule has 1 N–H and O–H groups in total. The fourth-order valence-corrected chi connectivity index (χ4v) is 3.96. The average Bonchev–Trinajstić information content (AvgIpc) is 3.07. The molecule has 6 heteroatoms. The van der Waals surface area contributed by atoms with Crippen molar-refractivity contribution < 1.29 is 19.1 Å². The molecule has 1 heterocycles. The Morgan fingerprint density at radius 3 is 2.18 bits per heavy atom. The SMILES string of the molecule is COc1ccc(CCC2(C)NC(=O)N(CC(=O)c3ccc(-c4ccccc4)cc3)C2=O)cc1. The molecule has 168 valence electrons. The Morgan fingerprint density at radius 1 is 0.909 bits per heavy atom. The van der Waals surface area contributed by atoms with Crippen LogP contribution in [0.4, 0.5) is 4.79 Å². The summed E-state index contributed by atoms with van der Waals surface area (Å²) in [6.07, 6.45) is 1.04. The van der Waals surface area contributed by atoms with Crippen LogP contribution < -0.4 is 10.1 Å². The second kappa shape index (κ2) is 9.28. The minimum Gasteiger partial charge on any atom is -0.497 e. The van der Waals surface area contributed by atoms with E-state index < -0.39 is 11.6 Å². The van der Waals surface area contributed by atoms with E-state index in [1.165, 1.54) is 0 Å². The predicted octanol–water partition coefficient (Wildman–Crippen LogP) is 4.49. The van der Waals surface area contributed by atoms with Crippen molar-refractivity contribution in [3.05, 3.63) is 90.0 Å². The molecule has 1 fully saturated rings. The largest absolute Gasteiger partial charge is 0.497 e. The molecular formula is C27H26N2O4. The van der Waals surface area contributed by atoms with Crippen LogP contribution in [0.2, 0.25) is 0 Å². The lowest BCUT2D eigenvalue weighted by Gasteiger charge is -2.21. The van der Waals surface area contributed by atoms with Gasteiger partial charge >= 0.3 is 6.03 Å². The number of nitrogens with zero attached hydrogens (tertiary/aromatic N) is 1. The molecule has 0 aliphatic carbocycles. The van der Waals surface area contributed by atoms with Crippen molar-refractivity contribution in [3.8, 4) is 16.9 Å². The van der Waals surface area contributed by atoms with Gasteiger partial charge in [0, 0.05) is 5.56 Å². The van der Waals surface area contributed by atoms with E-state index in [9.17, 15) is 14.4 Å². The third-order valence-corrected chi connectivity index (χ3v) is 6.03. The van der Waals surface area contributed by atoms with Gasteiger partial charge in [0.25, 0.3) is 5.91 Å². The fraction of sp³-hybridized carbons (Fsp3) is 0.222. The highest BCUT2D eigenvalue weighted by Crippen LogP contribution is 2.25. The number of hydrogen-bond donors (Lipinski definition) is 1. The lowest BCUT2D eigenvalue weighted by atomic mass is 9.93. The van der Waals surface area contributed by atoms with Crippen molar-refractivity contribution in [3.63, 3.8) is 0 Å². The van der Waals surface area contributed by atoms with Gasteiger partial charge in [-0.2, -0.15) is 0 Å². The maximum Gasteiger partial charge on any atom is 0.325 e. The zero-order valence-electron chi connectivity index (χ0n) is 18.7. The summed E-state index contributed by atoms with van der Waals surface area (Å²) in [6.45, 7) is 1.42. The molecule has 3 aromatic carbocycles. The van der Waals surface area contributed by atoms with E-state index in [1.807, 2.05) is 66.7 Å². The first-order valence-corrected chi connectivity index (χ1v) is 10.9. The minimum atomic E-state index is -1.05. The Labute approximate surface area is 193 Å². The van der Waals surface area contributed by atoms with Gasteiger partial charge in [0.2, 0.25) is 0 Å². The summed E-state index contributed by atoms with van der Waals surface area (Å²) in [4.78, 5) is 39.4. The van der Waals surface area contributed by atoms with Crippen molar-refractivity contribution in [2.45, 2.75) is 25.3 Å². The molecule has 0 spiro atoms. The summed E-state index contributed by atoms with van der Waals surface area (Å²) in [5.41, 5.74) is 2.50. The second-order valence-corrected chi connectivity index (χ2v) is 8.37. The van der Waals surface area contributed by atoms with E-state index in [2.05, 4.69) is 5.32 Å². The van der Waals surface area contributed by atoms with Crippen LogP contribution in [0.1, 0.15) is 29.3 Å². The molecular weight excluding hydrogens is 416 g/mol. The molecule has 1 saturated heterocycles. The van der Waals surface area contributed by atoms with Crippen LogP contribution in [0.3, 0.4) is 0 Å².